The van der Waals surface area contributed by atoms with Crippen molar-refractivity contribution in [1.29, 1.82) is 0 Å². The molecule has 0 aromatic carbocycles. The van der Waals surface area contributed by atoms with Gasteiger partial charge in [0, 0.05) is 0 Å². The Morgan fingerprint density at radius 2 is 2.35 bits per heavy atom. The molecule has 0 saturated heterocycles. The van der Waals surface area contributed by atoms with E-state index in [0.29, 0.717) is 12.4 Å². The first kappa shape index (κ1) is 10.1. The fourth-order valence-corrected chi connectivity index (χ4v) is 2.33. The standard InChI is InChI=1S/C9H9N7S/c1-5-11-8(6-2-3-17-9(6)12-5)10-4-7-13-15-16-14-7/h2-3H,4H2,1H3,(H,10,11,12)(H,13,14,15,16). The number of aryl methyl sites for hydroxylation is 1. The topological polar surface area (TPSA) is 92.3 Å². The van der Waals surface area contributed by atoms with E-state index in [9.17, 15) is 0 Å². The number of H-pyrrole nitrogens is 1. The smallest absolute Gasteiger partial charge is 0.193 e. The van der Waals surface area contributed by atoms with Crippen molar-refractivity contribution in [2.24, 2.45) is 0 Å². The Hall–Kier alpha value is -2.09. The van der Waals surface area contributed by atoms with Crippen LogP contribution in [0.1, 0.15) is 11.6 Å². The third-order valence-electron chi connectivity index (χ3n) is 2.24. The molecule has 86 valence electrons. The lowest BCUT2D eigenvalue weighted by atomic mass is 10.3. The lowest BCUT2D eigenvalue weighted by Crippen LogP contribution is -2.04. The molecule has 0 atom stereocenters. The summed E-state index contributed by atoms with van der Waals surface area (Å²) in [6, 6.07) is 2.00. The molecule has 8 heteroatoms. The van der Waals surface area contributed by atoms with E-state index in [1.54, 1.807) is 11.3 Å². The van der Waals surface area contributed by atoms with E-state index in [4.69, 9.17) is 0 Å². The fraction of sp³-hybridized carbons (Fsp3) is 0.222. The molecule has 3 aromatic heterocycles. The Bertz CT molecular complexity index is 630. The summed E-state index contributed by atoms with van der Waals surface area (Å²) >= 11 is 1.60. The molecule has 0 unspecified atom stereocenters. The largest absolute Gasteiger partial charge is 0.362 e. The first-order valence-electron chi connectivity index (χ1n) is 5.01. The van der Waals surface area contributed by atoms with Crippen molar-refractivity contribution in [3.05, 3.63) is 23.1 Å². The molecule has 3 heterocycles. The van der Waals surface area contributed by atoms with Gasteiger partial charge >= 0.3 is 0 Å². The van der Waals surface area contributed by atoms with Crippen LogP contribution in [0.4, 0.5) is 5.82 Å². The molecular weight excluding hydrogens is 238 g/mol. The minimum Gasteiger partial charge on any atom is -0.362 e. The van der Waals surface area contributed by atoms with E-state index in [1.807, 2.05) is 18.4 Å². The number of nitrogens with one attached hydrogen (secondary N) is 2. The molecule has 0 aliphatic rings. The molecule has 0 aliphatic heterocycles. The van der Waals surface area contributed by atoms with Crippen LogP contribution in [0.2, 0.25) is 0 Å². The number of aromatic nitrogens is 6. The second-order valence-electron chi connectivity index (χ2n) is 3.44. The molecule has 0 radical (unpaired) electrons. The van der Waals surface area contributed by atoms with Crippen LogP contribution < -0.4 is 5.32 Å². The predicted octanol–water partition coefficient (Wildman–Crippen LogP) is 1.12. The van der Waals surface area contributed by atoms with E-state index < -0.39 is 0 Å². The van der Waals surface area contributed by atoms with Gasteiger partial charge in [0.2, 0.25) is 0 Å². The SMILES string of the molecule is Cc1nc(NCc2nn[nH]n2)c2ccsc2n1. The van der Waals surface area contributed by atoms with Crippen molar-refractivity contribution in [3.8, 4) is 0 Å². The van der Waals surface area contributed by atoms with Crippen molar-refractivity contribution >= 4 is 27.4 Å². The average molecular weight is 247 g/mol. The number of rotatable bonds is 3. The number of thiophene rings is 1. The zero-order chi connectivity index (χ0) is 11.7. The Labute approximate surface area is 100 Å². The number of aromatic amines is 1. The van der Waals surface area contributed by atoms with Crippen LogP contribution in [0.25, 0.3) is 10.2 Å². The Balaban J connectivity index is 1.91. The average Bonchev–Trinajstić information content (AvgIpc) is 2.95. The summed E-state index contributed by atoms with van der Waals surface area (Å²) in [4.78, 5) is 9.71. The molecule has 0 aliphatic carbocycles. The van der Waals surface area contributed by atoms with Gasteiger partial charge in [-0.3, -0.25) is 0 Å². The lowest BCUT2D eigenvalue weighted by molar-refractivity contribution is 0.881. The third kappa shape index (κ3) is 1.94. The van der Waals surface area contributed by atoms with Gasteiger partial charge in [-0.15, -0.1) is 21.5 Å². The van der Waals surface area contributed by atoms with Gasteiger partial charge in [0.25, 0.3) is 0 Å². The van der Waals surface area contributed by atoms with Gasteiger partial charge in [-0.2, -0.15) is 5.21 Å². The highest BCUT2D eigenvalue weighted by atomic mass is 32.1. The van der Waals surface area contributed by atoms with Gasteiger partial charge in [-0.05, 0) is 18.4 Å². The fourth-order valence-electron chi connectivity index (χ4n) is 1.52. The van der Waals surface area contributed by atoms with Crippen LogP contribution in [-0.4, -0.2) is 30.6 Å². The van der Waals surface area contributed by atoms with E-state index in [0.717, 1.165) is 21.9 Å². The third-order valence-corrected chi connectivity index (χ3v) is 3.05. The molecule has 0 bridgehead atoms. The summed E-state index contributed by atoms with van der Waals surface area (Å²) in [5.74, 6) is 2.15. The normalized spacial score (nSPS) is 10.9. The van der Waals surface area contributed by atoms with Crippen molar-refractivity contribution in [3.63, 3.8) is 0 Å². The first-order valence-corrected chi connectivity index (χ1v) is 5.89. The zero-order valence-corrected chi connectivity index (χ0v) is 9.82. The number of fused-ring (bicyclic) bond motifs is 1. The molecule has 3 rings (SSSR count). The highest BCUT2D eigenvalue weighted by Crippen LogP contribution is 2.24. The number of hydrogen-bond acceptors (Lipinski definition) is 7. The highest BCUT2D eigenvalue weighted by molar-refractivity contribution is 7.16. The van der Waals surface area contributed by atoms with Crippen LogP contribution >= 0.6 is 11.3 Å². The Kier molecular flexibility index (Phi) is 2.41. The molecule has 3 aromatic rings. The number of tetrazole rings is 1. The van der Waals surface area contributed by atoms with E-state index >= 15 is 0 Å². The van der Waals surface area contributed by atoms with Crippen LogP contribution in [0, 0.1) is 6.92 Å². The van der Waals surface area contributed by atoms with Crippen LogP contribution in [0.3, 0.4) is 0 Å². The quantitative estimate of drug-likeness (QED) is 0.720. The van der Waals surface area contributed by atoms with Crippen molar-refractivity contribution in [2.75, 3.05) is 5.32 Å². The van der Waals surface area contributed by atoms with Gasteiger partial charge in [-0.1, -0.05) is 5.21 Å². The summed E-state index contributed by atoms with van der Waals surface area (Å²) in [5, 5.41) is 19.9. The number of anilines is 1. The molecule has 0 fully saturated rings. The van der Waals surface area contributed by atoms with E-state index in [-0.39, 0.29) is 0 Å². The van der Waals surface area contributed by atoms with Gasteiger partial charge < -0.3 is 5.32 Å². The summed E-state index contributed by atoms with van der Waals surface area (Å²) in [7, 11) is 0. The molecule has 7 nitrogen and oxygen atoms in total. The molecule has 0 spiro atoms. The Morgan fingerprint density at radius 1 is 1.41 bits per heavy atom. The second-order valence-corrected chi connectivity index (χ2v) is 4.34. The van der Waals surface area contributed by atoms with Gasteiger partial charge in [0.1, 0.15) is 16.5 Å². The first-order chi connectivity index (χ1) is 8.33. The minimum absolute atomic E-state index is 0.484. The molecular formula is C9H9N7S. The predicted molar refractivity (Wildman–Crippen MR) is 63.7 cm³/mol. The van der Waals surface area contributed by atoms with Crippen molar-refractivity contribution < 1.29 is 0 Å². The zero-order valence-electron chi connectivity index (χ0n) is 9.01. The van der Waals surface area contributed by atoms with Crippen LogP contribution in [0.5, 0.6) is 0 Å². The van der Waals surface area contributed by atoms with Crippen LogP contribution in [0.15, 0.2) is 11.4 Å². The van der Waals surface area contributed by atoms with E-state index in [1.165, 1.54) is 0 Å². The minimum atomic E-state index is 0.484. The summed E-state index contributed by atoms with van der Waals surface area (Å²) < 4.78 is 0. The van der Waals surface area contributed by atoms with E-state index in [2.05, 4.69) is 35.9 Å². The monoisotopic (exact) mass is 247 g/mol. The molecule has 17 heavy (non-hydrogen) atoms. The maximum absolute atomic E-state index is 4.37. The maximum Gasteiger partial charge on any atom is 0.193 e. The molecule has 0 amide bonds. The lowest BCUT2D eigenvalue weighted by Gasteiger charge is -2.04. The maximum atomic E-state index is 4.37. The second kappa shape index (κ2) is 4.06. The number of nitrogens with zero attached hydrogens (tertiary/aromatic N) is 5. The highest BCUT2D eigenvalue weighted by Gasteiger charge is 2.07. The summed E-state index contributed by atoms with van der Waals surface area (Å²) in [6.45, 7) is 2.36. The van der Waals surface area contributed by atoms with Crippen LogP contribution in [-0.2, 0) is 6.54 Å². The molecule has 0 saturated carbocycles. The molecule has 2 N–H and O–H groups in total. The van der Waals surface area contributed by atoms with Crippen molar-refractivity contribution in [1.82, 2.24) is 30.6 Å². The van der Waals surface area contributed by atoms with Crippen molar-refractivity contribution in [2.45, 2.75) is 13.5 Å². The van der Waals surface area contributed by atoms with Gasteiger partial charge in [-0.25, -0.2) is 9.97 Å². The Morgan fingerprint density at radius 3 is 3.18 bits per heavy atom. The number of hydrogen-bond donors (Lipinski definition) is 2. The summed E-state index contributed by atoms with van der Waals surface area (Å²) in [6.07, 6.45) is 0. The summed E-state index contributed by atoms with van der Waals surface area (Å²) in [5.41, 5.74) is 0. The van der Waals surface area contributed by atoms with Gasteiger partial charge in [0.05, 0.1) is 11.9 Å². The van der Waals surface area contributed by atoms with Gasteiger partial charge in [0.15, 0.2) is 5.82 Å².